The Kier molecular flexibility index (Phi) is 4.51. The Balaban J connectivity index is 2.92. The molecule has 1 N–H and O–H groups in total. The predicted octanol–water partition coefficient (Wildman–Crippen LogP) is 3.19. The first-order valence-electron chi connectivity index (χ1n) is 5.04. The Morgan fingerprint density at radius 2 is 2.31 bits per heavy atom. The van der Waals surface area contributed by atoms with Gasteiger partial charge in [0.05, 0.1) is 0 Å². The number of allylic oxidation sites excluding steroid dienone is 1. The van der Waals surface area contributed by atoms with Crippen LogP contribution in [0, 0.1) is 6.92 Å². The zero-order valence-electron chi connectivity index (χ0n) is 9.29. The van der Waals surface area contributed by atoms with E-state index in [0.29, 0.717) is 0 Å². The molecule has 0 aliphatic rings. The fraction of sp³-hybridized carbons (Fsp3) is 0.250. The molecule has 0 fully saturated rings. The first-order valence-corrected chi connectivity index (χ1v) is 5.04. The molecule has 0 saturated carbocycles. The highest BCUT2D eigenvalue weighted by Crippen LogP contribution is 2.17. The fourth-order valence-corrected chi connectivity index (χ4v) is 1.34. The number of H-pyrrole nitrogens is 1. The molecule has 1 aromatic rings. The summed E-state index contributed by atoms with van der Waals surface area (Å²) >= 11 is 0. The molecule has 0 aliphatic heterocycles. The molecule has 0 aliphatic carbocycles. The lowest BCUT2D eigenvalue weighted by Gasteiger charge is -1.94. The number of hydrogen-bond acceptors (Lipinski definition) is 2. The lowest BCUT2D eigenvalue weighted by molar-refractivity contribution is -0.176. The van der Waals surface area contributed by atoms with Gasteiger partial charge >= 0.3 is 5.97 Å². The molecule has 0 unspecified atom stereocenters. The summed E-state index contributed by atoms with van der Waals surface area (Å²) in [6.07, 6.45) is 9.23. The van der Waals surface area contributed by atoms with Gasteiger partial charge < -0.3 is 4.98 Å². The van der Waals surface area contributed by atoms with Crippen LogP contribution in [0.5, 0.6) is 0 Å². The summed E-state index contributed by atoms with van der Waals surface area (Å²) in [6, 6.07) is 0. The van der Waals surface area contributed by atoms with Gasteiger partial charge in [0.15, 0.2) is 0 Å². The van der Waals surface area contributed by atoms with Crippen molar-refractivity contribution >= 4 is 18.1 Å². The summed E-state index contributed by atoms with van der Waals surface area (Å²) in [4.78, 5) is 16.7. The van der Waals surface area contributed by atoms with Gasteiger partial charge in [-0.2, -0.15) is 0 Å². The number of halogens is 1. The Hall–Kier alpha value is -1.84. The van der Waals surface area contributed by atoms with Crippen LogP contribution in [0.2, 0.25) is 0 Å². The van der Waals surface area contributed by atoms with Crippen molar-refractivity contribution in [3.63, 3.8) is 0 Å². The van der Waals surface area contributed by atoms with Gasteiger partial charge in [-0.3, -0.25) is 4.94 Å². The molecule has 1 aromatic heterocycles. The molecular formula is C12H14FNO2. The molecule has 0 radical (unpaired) electrons. The van der Waals surface area contributed by atoms with Crippen LogP contribution < -0.4 is 0 Å². The summed E-state index contributed by atoms with van der Waals surface area (Å²) in [5.74, 6) is -1.01. The summed E-state index contributed by atoms with van der Waals surface area (Å²) < 4.78 is 11.5. The van der Waals surface area contributed by atoms with E-state index >= 15 is 0 Å². The van der Waals surface area contributed by atoms with E-state index in [-0.39, 0.29) is 0 Å². The minimum Gasteiger partial charge on any atom is -0.364 e. The van der Waals surface area contributed by atoms with E-state index in [9.17, 15) is 9.32 Å². The van der Waals surface area contributed by atoms with Gasteiger partial charge in [0, 0.05) is 28.1 Å². The highest BCUT2D eigenvalue weighted by molar-refractivity contribution is 5.87. The Morgan fingerprint density at radius 3 is 2.94 bits per heavy atom. The Bertz CT molecular complexity index is 419. The molecule has 1 rings (SSSR count). The molecule has 1 heterocycles. The predicted molar refractivity (Wildman–Crippen MR) is 61.1 cm³/mol. The number of carbonyl (C=O) groups excluding carboxylic acids is 1. The van der Waals surface area contributed by atoms with Crippen LogP contribution in [0.15, 0.2) is 18.3 Å². The van der Waals surface area contributed by atoms with Gasteiger partial charge in [0.2, 0.25) is 0 Å². The van der Waals surface area contributed by atoms with E-state index in [1.165, 1.54) is 6.08 Å². The van der Waals surface area contributed by atoms with Crippen LogP contribution >= 0.6 is 0 Å². The first-order chi connectivity index (χ1) is 7.69. The van der Waals surface area contributed by atoms with E-state index in [4.69, 9.17) is 0 Å². The van der Waals surface area contributed by atoms with Crippen LogP contribution in [-0.4, -0.2) is 11.0 Å². The van der Waals surface area contributed by atoms with Gasteiger partial charge in [0.25, 0.3) is 0 Å². The minimum absolute atomic E-state index is 0.826. The maximum atomic E-state index is 11.5. The average molecular weight is 223 g/mol. The molecule has 0 amide bonds. The Morgan fingerprint density at radius 1 is 1.56 bits per heavy atom. The summed E-state index contributed by atoms with van der Waals surface area (Å²) in [7, 11) is 0. The third-order valence-corrected chi connectivity index (χ3v) is 2.15. The van der Waals surface area contributed by atoms with Crippen molar-refractivity contribution in [2.75, 3.05) is 0 Å². The summed E-state index contributed by atoms with van der Waals surface area (Å²) in [5.41, 5.74) is 2.82. The molecule has 86 valence electrons. The second kappa shape index (κ2) is 5.90. The number of rotatable bonds is 4. The molecule has 0 bridgehead atoms. The molecule has 0 spiro atoms. The fourth-order valence-electron chi connectivity index (χ4n) is 1.34. The van der Waals surface area contributed by atoms with E-state index in [1.54, 1.807) is 6.20 Å². The Labute approximate surface area is 93.5 Å². The topological polar surface area (TPSA) is 42.1 Å². The maximum Gasteiger partial charge on any atom is 0.372 e. The molecule has 16 heavy (non-hydrogen) atoms. The van der Waals surface area contributed by atoms with Gasteiger partial charge in [0.1, 0.15) is 0 Å². The van der Waals surface area contributed by atoms with E-state index in [0.717, 1.165) is 29.3 Å². The minimum atomic E-state index is -1.01. The van der Waals surface area contributed by atoms with E-state index in [2.05, 4.69) is 9.93 Å². The average Bonchev–Trinajstić information content (AvgIpc) is 2.64. The maximum absolute atomic E-state index is 11.5. The van der Waals surface area contributed by atoms with Crippen LogP contribution in [0.1, 0.15) is 30.2 Å². The zero-order valence-corrected chi connectivity index (χ0v) is 9.29. The van der Waals surface area contributed by atoms with Crippen LogP contribution in [0.3, 0.4) is 0 Å². The van der Waals surface area contributed by atoms with Crippen molar-refractivity contribution in [2.24, 2.45) is 0 Å². The normalized spacial score (nSPS) is 11.4. The van der Waals surface area contributed by atoms with Crippen molar-refractivity contribution in [1.29, 1.82) is 0 Å². The standard InChI is InChI=1S/C12H14FNO2/c1-3-4-5-11-9(2)14-8-10(11)6-7-12(15)16-13/h4-8,14H,3H2,1-2H3/b5-4-,7-6+. The van der Waals surface area contributed by atoms with Gasteiger partial charge in [-0.1, -0.05) is 19.1 Å². The molecule has 0 aromatic carbocycles. The number of nitrogens with one attached hydrogen (secondary N) is 1. The zero-order chi connectivity index (χ0) is 12.0. The van der Waals surface area contributed by atoms with Crippen molar-refractivity contribution in [3.8, 4) is 0 Å². The lowest BCUT2D eigenvalue weighted by Crippen LogP contribution is -1.89. The molecule has 3 nitrogen and oxygen atoms in total. The second-order valence-electron chi connectivity index (χ2n) is 3.32. The number of aromatic nitrogens is 1. The summed E-state index contributed by atoms with van der Waals surface area (Å²) in [5, 5.41) is 0. The molecular weight excluding hydrogens is 209 g/mol. The number of hydrogen-bond donors (Lipinski definition) is 1. The van der Waals surface area contributed by atoms with E-state index in [1.807, 2.05) is 26.0 Å². The van der Waals surface area contributed by atoms with Crippen molar-refractivity contribution in [2.45, 2.75) is 20.3 Å². The lowest BCUT2D eigenvalue weighted by atomic mass is 10.1. The number of carbonyl (C=O) groups is 1. The van der Waals surface area contributed by atoms with Crippen molar-refractivity contribution < 1.29 is 14.3 Å². The third kappa shape index (κ3) is 3.08. The van der Waals surface area contributed by atoms with Gasteiger partial charge in [-0.15, -0.1) is 0 Å². The largest absolute Gasteiger partial charge is 0.372 e. The molecule has 0 atom stereocenters. The number of aryl methyl sites for hydroxylation is 1. The second-order valence-corrected chi connectivity index (χ2v) is 3.32. The SMILES string of the molecule is CC/C=C\c1c(/C=C/C(=O)OF)c[nH]c1C. The number of aromatic amines is 1. The highest BCUT2D eigenvalue weighted by atomic mass is 19.3. The first kappa shape index (κ1) is 12.2. The van der Waals surface area contributed by atoms with Crippen molar-refractivity contribution in [1.82, 2.24) is 4.98 Å². The summed E-state index contributed by atoms with van der Waals surface area (Å²) in [6.45, 7) is 3.97. The third-order valence-electron chi connectivity index (χ3n) is 2.15. The van der Waals surface area contributed by atoms with Crippen LogP contribution in [-0.2, 0) is 9.74 Å². The highest BCUT2D eigenvalue weighted by Gasteiger charge is 2.03. The van der Waals surface area contributed by atoms with Gasteiger partial charge in [-0.05, 0) is 25.0 Å². The quantitative estimate of drug-likeness (QED) is 0.796. The monoisotopic (exact) mass is 223 g/mol. The van der Waals surface area contributed by atoms with E-state index < -0.39 is 5.97 Å². The van der Waals surface area contributed by atoms with Gasteiger partial charge in [-0.25, -0.2) is 4.79 Å². The smallest absolute Gasteiger partial charge is 0.364 e. The molecule has 0 saturated heterocycles. The van der Waals surface area contributed by atoms with Crippen LogP contribution in [0.25, 0.3) is 12.2 Å². The van der Waals surface area contributed by atoms with Crippen LogP contribution in [0.4, 0.5) is 4.53 Å². The van der Waals surface area contributed by atoms with Crippen molar-refractivity contribution in [3.05, 3.63) is 35.2 Å². The molecule has 4 heteroatoms.